The van der Waals surface area contributed by atoms with Gasteiger partial charge in [-0.25, -0.2) is 4.99 Å². The SMILES string of the molecule is CC1CCN(C(=Nc2ccc(Br)cc2)c2ccccc2)CC1. The Hall–Kier alpha value is -1.61. The number of hydrogen-bond acceptors (Lipinski definition) is 1. The number of benzene rings is 2. The molecule has 1 heterocycles. The van der Waals surface area contributed by atoms with E-state index in [2.05, 4.69) is 70.2 Å². The van der Waals surface area contributed by atoms with Crippen molar-refractivity contribution in [2.45, 2.75) is 19.8 Å². The molecule has 114 valence electrons. The van der Waals surface area contributed by atoms with Crippen molar-refractivity contribution >= 4 is 27.5 Å². The standard InChI is InChI=1S/C19H21BrN2/c1-15-11-13-22(14-12-15)19(16-5-3-2-4-6-16)21-18-9-7-17(20)8-10-18/h2-10,15H,11-14H2,1H3. The minimum absolute atomic E-state index is 0.820. The molecule has 0 atom stereocenters. The highest BCUT2D eigenvalue weighted by atomic mass is 79.9. The van der Waals surface area contributed by atoms with Crippen LogP contribution in [0.5, 0.6) is 0 Å². The van der Waals surface area contributed by atoms with Gasteiger partial charge in [-0.1, -0.05) is 53.2 Å². The van der Waals surface area contributed by atoms with Crippen LogP contribution in [0, 0.1) is 5.92 Å². The topological polar surface area (TPSA) is 15.6 Å². The first kappa shape index (κ1) is 15.3. The molecule has 0 aliphatic carbocycles. The van der Waals surface area contributed by atoms with Crippen LogP contribution < -0.4 is 0 Å². The van der Waals surface area contributed by atoms with Crippen LogP contribution in [0.3, 0.4) is 0 Å². The van der Waals surface area contributed by atoms with Crippen molar-refractivity contribution in [3.63, 3.8) is 0 Å². The third-order valence-corrected chi connectivity index (χ3v) is 4.71. The Morgan fingerprint density at radius 1 is 1.00 bits per heavy atom. The van der Waals surface area contributed by atoms with Crippen molar-refractivity contribution in [2.75, 3.05) is 13.1 Å². The van der Waals surface area contributed by atoms with E-state index in [0.29, 0.717) is 0 Å². The molecular formula is C19H21BrN2. The summed E-state index contributed by atoms with van der Waals surface area (Å²) in [5.74, 6) is 1.91. The minimum atomic E-state index is 0.820. The van der Waals surface area contributed by atoms with Gasteiger partial charge in [0.05, 0.1) is 5.69 Å². The van der Waals surface area contributed by atoms with Gasteiger partial charge in [-0.15, -0.1) is 0 Å². The molecule has 0 spiro atoms. The molecule has 0 aromatic heterocycles. The number of likely N-dealkylation sites (tertiary alicyclic amines) is 1. The summed E-state index contributed by atoms with van der Waals surface area (Å²) < 4.78 is 1.08. The van der Waals surface area contributed by atoms with Gasteiger partial charge in [-0.3, -0.25) is 0 Å². The molecule has 2 aromatic rings. The molecular weight excluding hydrogens is 336 g/mol. The van der Waals surface area contributed by atoms with Crippen molar-refractivity contribution in [3.8, 4) is 0 Å². The van der Waals surface area contributed by atoms with Crippen molar-refractivity contribution in [3.05, 3.63) is 64.6 Å². The molecule has 3 rings (SSSR count). The average Bonchev–Trinajstić information content (AvgIpc) is 2.56. The van der Waals surface area contributed by atoms with Gasteiger partial charge >= 0.3 is 0 Å². The van der Waals surface area contributed by atoms with E-state index >= 15 is 0 Å². The molecule has 1 aliphatic heterocycles. The van der Waals surface area contributed by atoms with Gasteiger partial charge < -0.3 is 4.90 Å². The van der Waals surface area contributed by atoms with Crippen LogP contribution in [0.15, 0.2) is 64.1 Å². The fourth-order valence-electron chi connectivity index (χ4n) is 2.76. The first-order valence-corrected chi connectivity index (χ1v) is 8.66. The Balaban J connectivity index is 1.94. The van der Waals surface area contributed by atoms with Crippen LogP contribution >= 0.6 is 15.9 Å². The molecule has 3 heteroatoms. The van der Waals surface area contributed by atoms with E-state index in [9.17, 15) is 0 Å². The molecule has 0 N–H and O–H groups in total. The summed E-state index contributed by atoms with van der Waals surface area (Å²) in [6, 6.07) is 18.7. The average molecular weight is 357 g/mol. The Labute approximate surface area is 141 Å². The molecule has 2 aromatic carbocycles. The quantitative estimate of drug-likeness (QED) is 0.529. The summed E-state index contributed by atoms with van der Waals surface area (Å²) in [4.78, 5) is 7.37. The molecule has 1 saturated heterocycles. The summed E-state index contributed by atoms with van der Waals surface area (Å²) in [6.07, 6.45) is 2.48. The largest absolute Gasteiger partial charge is 0.356 e. The van der Waals surface area contributed by atoms with E-state index in [-0.39, 0.29) is 0 Å². The fraction of sp³-hybridized carbons (Fsp3) is 0.316. The number of nitrogens with zero attached hydrogens (tertiary/aromatic N) is 2. The Morgan fingerprint density at radius 2 is 1.64 bits per heavy atom. The second-order valence-corrected chi connectivity index (χ2v) is 6.86. The second-order valence-electron chi connectivity index (χ2n) is 5.95. The summed E-state index contributed by atoms with van der Waals surface area (Å²) >= 11 is 3.48. The lowest BCUT2D eigenvalue weighted by atomic mass is 9.98. The van der Waals surface area contributed by atoms with E-state index in [4.69, 9.17) is 4.99 Å². The third-order valence-electron chi connectivity index (χ3n) is 4.18. The van der Waals surface area contributed by atoms with Crippen molar-refractivity contribution in [2.24, 2.45) is 10.9 Å². The van der Waals surface area contributed by atoms with Crippen LogP contribution in [-0.4, -0.2) is 23.8 Å². The number of piperidine rings is 1. The zero-order valence-corrected chi connectivity index (χ0v) is 14.5. The maximum absolute atomic E-state index is 4.94. The normalized spacial score (nSPS) is 16.8. The molecule has 1 fully saturated rings. The van der Waals surface area contributed by atoms with E-state index in [0.717, 1.165) is 35.0 Å². The van der Waals surface area contributed by atoms with Crippen LogP contribution in [0.25, 0.3) is 0 Å². The van der Waals surface area contributed by atoms with E-state index in [1.54, 1.807) is 0 Å². The highest BCUT2D eigenvalue weighted by Gasteiger charge is 2.20. The van der Waals surface area contributed by atoms with Gasteiger partial charge in [0.25, 0.3) is 0 Å². The van der Waals surface area contributed by atoms with E-state index in [1.165, 1.54) is 18.4 Å². The number of aliphatic imine (C=N–C) groups is 1. The summed E-state index contributed by atoms with van der Waals surface area (Å²) in [6.45, 7) is 4.52. The third kappa shape index (κ3) is 3.77. The number of halogens is 1. The summed E-state index contributed by atoms with van der Waals surface area (Å²) in [5, 5.41) is 0. The molecule has 0 bridgehead atoms. The van der Waals surface area contributed by atoms with Crippen LogP contribution in [-0.2, 0) is 0 Å². The molecule has 0 amide bonds. The highest BCUT2D eigenvalue weighted by Crippen LogP contribution is 2.22. The first-order chi connectivity index (χ1) is 10.7. The summed E-state index contributed by atoms with van der Waals surface area (Å²) in [7, 11) is 0. The van der Waals surface area contributed by atoms with E-state index < -0.39 is 0 Å². The first-order valence-electron chi connectivity index (χ1n) is 7.87. The predicted molar refractivity (Wildman–Crippen MR) is 96.8 cm³/mol. The zero-order chi connectivity index (χ0) is 15.4. The van der Waals surface area contributed by atoms with Gasteiger partial charge in [-0.2, -0.15) is 0 Å². The number of amidine groups is 1. The van der Waals surface area contributed by atoms with Crippen LogP contribution in [0.2, 0.25) is 0 Å². The number of rotatable bonds is 2. The van der Waals surface area contributed by atoms with Crippen molar-refractivity contribution < 1.29 is 0 Å². The van der Waals surface area contributed by atoms with Gasteiger partial charge in [0, 0.05) is 23.1 Å². The predicted octanol–water partition coefficient (Wildman–Crippen LogP) is 5.26. The van der Waals surface area contributed by atoms with Gasteiger partial charge in [0.15, 0.2) is 0 Å². The van der Waals surface area contributed by atoms with E-state index in [1.807, 2.05) is 12.1 Å². The van der Waals surface area contributed by atoms with Gasteiger partial charge in [0.2, 0.25) is 0 Å². The summed E-state index contributed by atoms with van der Waals surface area (Å²) in [5.41, 5.74) is 2.20. The Bertz CT molecular complexity index is 626. The smallest absolute Gasteiger partial charge is 0.136 e. The van der Waals surface area contributed by atoms with Crippen LogP contribution in [0.4, 0.5) is 5.69 Å². The molecule has 0 radical (unpaired) electrons. The monoisotopic (exact) mass is 356 g/mol. The molecule has 2 nitrogen and oxygen atoms in total. The highest BCUT2D eigenvalue weighted by molar-refractivity contribution is 9.10. The number of hydrogen-bond donors (Lipinski definition) is 0. The van der Waals surface area contributed by atoms with Crippen LogP contribution in [0.1, 0.15) is 25.3 Å². The minimum Gasteiger partial charge on any atom is -0.356 e. The zero-order valence-electron chi connectivity index (χ0n) is 12.9. The molecule has 0 unspecified atom stereocenters. The van der Waals surface area contributed by atoms with Crippen molar-refractivity contribution in [1.29, 1.82) is 0 Å². The molecule has 1 aliphatic rings. The lowest BCUT2D eigenvalue weighted by Gasteiger charge is -2.33. The van der Waals surface area contributed by atoms with Gasteiger partial charge in [-0.05, 0) is 43.0 Å². The maximum atomic E-state index is 4.94. The fourth-order valence-corrected chi connectivity index (χ4v) is 3.03. The lowest BCUT2D eigenvalue weighted by molar-refractivity contribution is 0.281. The molecule has 0 saturated carbocycles. The Morgan fingerprint density at radius 3 is 2.27 bits per heavy atom. The second kappa shape index (κ2) is 7.10. The maximum Gasteiger partial charge on any atom is 0.136 e. The Kier molecular flexibility index (Phi) is 4.94. The van der Waals surface area contributed by atoms with Gasteiger partial charge in [0.1, 0.15) is 5.84 Å². The lowest BCUT2D eigenvalue weighted by Crippen LogP contribution is -2.38. The van der Waals surface area contributed by atoms with Crippen molar-refractivity contribution in [1.82, 2.24) is 4.90 Å². The molecule has 22 heavy (non-hydrogen) atoms.